The topological polar surface area (TPSA) is 18.5 Å². The van der Waals surface area contributed by atoms with E-state index < -0.39 is 0 Å². The van der Waals surface area contributed by atoms with Crippen molar-refractivity contribution in [3.8, 4) is 0 Å². The Bertz CT molecular complexity index is 166. The van der Waals surface area contributed by atoms with Gasteiger partial charge in [0.25, 0.3) is 0 Å². The molecule has 0 aromatic carbocycles. The lowest BCUT2D eigenvalue weighted by Crippen LogP contribution is -2.60. The van der Waals surface area contributed by atoms with Crippen molar-refractivity contribution in [1.29, 1.82) is 0 Å². The maximum absolute atomic E-state index is 3.73. The van der Waals surface area contributed by atoms with Gasteiger partial charge < -0.3 is 15.1 Å². The molecule has 76 valence electrons. The first kappa shape index (κ1) is 9.44. The van der Waals surface area contributed by atoms with E-state index in [1.165, 1.54) is 39.1 Å². The molecule has 2 saturated heterocycles. The summed E-state index contributed by atoms with van der Waals surface area (Å²) in [6.45, 7) is 8.47. The second-order valence-corrected chi connectivity index (χ2v) is 4.46. The van der Waals surface area contributed by atoms with E-state index in [1.807, 2.05) is 0 Å². The first-order valence-electron chi connectivity index (χ1n) is 5.45. The molecule has 2 aliphatic rings. The molecule has 1 unspecified atom stereocenters. The highest BCUT2D eigenvalue weighted by Crippen LogP contribution is 2.12. The van der Waals surface area contributed by atoms with Crippen LogP contribution in [0.1, 0.15) is 13.3 Å². The number of likely N-dealkylation sites (tertiary alicyclic amines) is 2. The van der Waals surface area contributed by atoms with E-state index in [-0.39, 0.29) is 0 Å². The molecule has 0 aromatic rings. The zero-order chi connectivity index (χ0) is 9.26. The average Bonchev–Trinajstić information content (AvgIpc) is 2.43. The second kappa shape index (κ2) is 3.95. The molecule has 2 rings (SSSR count). The number of hydrogen-bond acceptors (Lipinski definition) is 3. The van der Waals surface area contributed by atoms with Gasteiger partial charge in [0.05, 0.1) is 0 Å². The van der Waals surface area contributed by atoms with Gasteiger partial charge >= 0.3 is 0 Å². The van der Waals surface area contributed by atoms with E-state index in [2.05, 4.69) is 29.1 Å². The van der Waals surface area contributed by atoms with Crippen LogP contribution < -0.4 is 5.32 Å². The molecule has 3 nitrogen and oxygen atoms in total. The minimum Gasteiger partial charge on any atom is -0.307 e. The molecule has 0 saturated carbocycles. The van der Waals surface area contributed by atoms with Crippen LogP contribution in [0.2, 0.25) is 0 Å². The van der Waals surface area contributed by atoms with Crippen molar-refractivity contribution in [3.05, 3.63) is 0 Å². The minimum atomic E-state index is 0.758. The Morgan fingerprint density at radius 3 is 2.54 bits per heavy atom. The summed E-state index contributed by atoms with van der Waals surface area (Å²) < 4.78 is 0. The summed E-state index contributed by atoms with van der Waals surface area (Å²) in [6, 6.07) is 1.53. The van der Waals surface area contributed by atoms with Crippen molar-refractivity contribution in [1.82, 2.24) is 15.1 Å². The largest absolute Gasteiger partial charge is 0.307 e. The summed E-state index contributed by atoms with van der Waals surface area (Å²) in [6.07, 6.45) is 1.33. The fraction of sp³-hybridized carbons (Fsp3) is 1.00. The van der Waals surface area contributed by atoms with Gasteiger partial charge in [0, 0.05) is 31.7 Å². The highest BCUT2D eigenvalue weighted by molar-refractivity contribution is 4.90. The molecular formula is C10H21N3. The molecule has 2 aliphatic heterocycles. The summed E-state index contributed by atoms with van der Waals surface area (Å²) in [5.74, 6) is 0. The lowest BCUT2D eigenvalue weighted by Gasteiger charge is -2.40. The van der Waals surface area contributed by atoms with Crippen LogP contribution >= 0.6 is 0 Å². The lowest BCUT2D eigenvalue weighted by atomic mass is 10.1. The molecule has 0 bridgehead atoms. The van der Waals surface area contributed by atoms with Gasteiger partial charge in [-0.2, -0.15) is 0 Å². The Hall–Kier alpha value is -0.120. The zero-order valence-electron chi connectivity index (χ0n) is 8.79. The maximum Gasteiger partial charge on any atom is 0.0325 e. The highest BCUT2D eigenvalue weighted by atomic mass is 15.3. The van der Waals surface area contributed by atoms with E-state index in [9.17, 15) is 0 Å². The summed E-state index contributed by atoms with van der Waals surface area (Å²) in [5, 5.41) is 3.73. The minimum absolute atomic E-state index is 0.758. The Balaban J connectivity index is 1.64. The fourth-order valence-corrected chi connectivity index (χ4v) is 2.34. The normalized spacial score (nSPS) is 32.3. The van der Waals surface area contributed by atoms with E-state index in [0.29, 0.717) is 0 Å². The molecule has 1 atom stereocenters. The molecule has 3 heteroatoms. The van der Waals surface area contributed by atoms with Crippen molar-refractivity contribution < 1.29 is 0 Å². The van der Waals surface area contributed by atoms with Crippen LogP contribution in [-0.2, 0) is 0 Å². The smallest absolute Gasteiger partial charge is 0.0325 e. The number of likely N-dealkylation sites (N-methyl/N-ethyl adjacent to an activating group) is 2. The molecule has 0 spiro atoms. The molecule has 2 fully saturated rings. The third-order valence-electron chi connectivity index (χ3n) is 3.27. The van der Waals surface area contributed by atoms with Crippen molar-refractivity contribution in [2.24, 2.45) is 0 Å². The van der Waals surface area contributed by atoms with Crippen molar-refractivity contribution in [3.63, 3.8) is 0 Å². The molecule has 0 amide bonds. The van der Waals surface area contributed by atoms with Gasteiger partial charge in [-0.3, -0.25) is 0 Å². The van der Waals surface area contributed by atoms with Crippen molar-refractivity contribution in [2.75, 3.05) is 39.8 Å². The van der Waals surface area contributed by atoms with Crippen molar-refractivity contribution in [2.45, 2.75) is 25.4 Å². The SMILES string of the molecule is CCN1CC(NC2CCN(C)C2)C1. The maximum atomic E-state index is 3.73. The van der Waals surface area contributed by atoms with Crippen LogP contribution in [0.15, 0.2) is 0 Å². The average molecular weight is 183 g/mol. The molecule has 1 N–H and O–H groups in total. The quantitative estimate of drug-likeness (QED) is 0.663. The molecular weight excluding hydrogens is 162 g/mol. The third-order valence-corrected chi connectivity index (χ3v) is 3.27. The molecule has 0 aromatic heterocycles. The first-order valence-corrected chi connectivity index (χ1v) is 5.45. The highest BCUT2D eigenvalue weighted by Gasteiger charge is 2.29. The standard InChI is InChI=1S/C10H21N3/c1-3-13-7-10(8-13)11-9-4-5-12(2)6-9/h9-11H,3-8H2,1-2H3. The number of nitrogens with zero attached hydrogens (tertiary/aromatic N) is 2. The van der Waals surface area contributed by atoms with E-state index >= 15 is 0 Å². The van der Waals surface area contributed by atoms with E-state index in [1.54, 1.807) is 0 Å². The van der Waals surface area contributed by atoms with E-state index in [4.69, 9.17) is 0 Å². The van der Waals surface area contributed by atoms with Gasteiger partial charge in [-0.25, -0.2) is 0 Å². The van der Waals surface area contributed by atoms with Gasteiger partial charge in [0.2, 0.25) is 0 Å². The fourth-order valence-electron chi connectivity index (χ4n) is 2.34. The predicted molar refractivity (Wildman–Crippen MR) is 54.9 cm³/mol. The van der Waals surface area contributed by atoms with Crippen molar-refractivity contribution >= 4 is 0 Å². The second-order valence-electron chi connectivity index (χ2n) is 4.46. The summed E-state index contributed by atoms with van der Waals surface area (Å²) in [7, 11) is 2.21. The molecule has 0 aliphatic carbocycles. The van der Waals surface area contributed by atoms with Crippen LogP contribution in [-0.4, -0.2) is 61.7 Å². The summed E-state index contributed by atoms with van der Waals surface area (Å²) in [4.78, 5) is 4.89. The Morgan fingerprint density at radius 2 is 2.00 bits per heavy atom. The Labute approximate surface area is 81.1 Å². The van der Waals surface area contributed by atoms with Gasteiger partial charge in [-0.1, -0.05) is 6.92 Å². The van der Waals surface area contributed by atoms with Crippen LogP contribution in [0.25, 0.3) is 0 Å². The first-order chi connectivity index (χ1) is 6.28. The molecule has 0 radical (unpaired) electrons. The lowest BCUT2D eigenvalue weighted by molar-refractivity contribution is 0.125. The summed E-state index contributed by atoms with van der Waals surface area (Å²) >= 11 is 0. The van der Waals surface area contributed by atoms with Gasteiger partial charge in [-0.15, -0.1) is 0 Å². The van der Waals surface area contributed by atoms with Crippen LogP contribution in [0.3, 0.4) is 0 Å². The number of hydrogen-bond donors (Lipinski definition) is 1. The van der Waals surface area contributed by atoms with Crippen LogP contribution in [0.4, 0.5) is 0 Å². The third kappa shape index (κ3) is 2.22. The van der Waals surface area contributed by atoms with Crippen LogP contribution in [0.5, 0.6) is 0 Å². The van der Waals surface area contributed by atoms with Gasteiger partial charge in [0.15, 0.2) is 0 Å². The number of rotatable bonds is 3. The molecule has 2 heterocycles. The monoisotopic (exact) mass is 183 g/mol. The Kier molecular flexibility index (Phi) is 2.86. The van der Waals surface area contributed by atoms with Gasteiger partial charge in [-0.05, 0) is 26.6 Å². The molecule has 13 heavy (non-hydrogen) atoms. The van der Waals surface area contributed by atoms with Gasteiger partial charge in [0.1, 0.15) is 0 Å². The van der Waals surface area contributed by atoms with E-state index in [0.717, 1.165) is 12.1 Å². The predicted octanol–water partition coefficient (Wildman–Crippen LogP) is -0.0158. The van der Waals surface area contributed by atoms with Crippen LogP contribution in [0, 0.1) is 0 Å². The summed E-state index contributed by atoms with van der Waals surface area (Å²) in [5.41, 5.74) is 0. The Morgan fingerprint density at radius 1 is 1.23 bits per heavy atom. The zero-order valence-corrected chi connectivity index (χ0v) is 8.79. The number of nitrogens with one attached hydrogen (secondary N) is 1.